The highest BCUT2D eigenvalue weighted by atomic mass is 35.5. The second-order valence-corrected chi connectivity index (χ2v) is 5.09. The van der Waals surface area contributed by atoms with Crippen molar-refractivity contribution < 1.29 is 24.1 Å². The number of hydrogen-bond acceptors (Lipinski definition) is 3. The number of carbonyl (C=O) groups is 1. The fraction of sp³-hybridized carbons (Fsp3) is 0.462. The van der Waals surface area contributed by atoms with Gasteiger partial charge in [-0.1, -0.05) is 11.6 Å². The van der Waals surface area contributed by atoms with Crippen LogP contribution < -0.4 is 4.74 Å². The zero-order valence-corrected chi connectivity index (χ0v) is 11.1. The summed E-state index contributed by atoms with van der Waals surface area (Å²) in [5.41, 5.74) is 0.0670. The van der Waals surface area contributed by atoms with Gasteiger partial charge >= 0.3 is 5.97 Å². The number of aliphatic carboxylic acids is 1. The van der Waals surface area contributed by atoms with Gasteiger partial charge in [0.15, 0.2) is 11.5 Å². The predicted octanol–water partition coefficient (Wildman–Crippen LogP) is 3.16. The van der Waals surface area contributed by atoms with Crippen LogP contribution in [0.3, 0.4) is 0 Å². The highest BCUT2D eigenvalue weighted by molar-refractivity contribution is 6.31. The summed E-state index contributed by atoms with van der Waals surface area (Å²) in [5, 5.41) is 18.5. The fourth-order valence-electron chi connectivity index (χ4n) is 2.35. The van der Waals surface area contributed by atoms with E-state index in [-0.39, 0.29) is 34.4 Å². The van der Waals surface area contributed by atoms with Crippen molar-refractivity contribution in [2.45, 2.75) is 25.2 Å². The molecule has 104 valence electrons. The molecule has 0 saturated heterocycles. The standard InChI is InChI=1S/C13H14ClFO4/c1-19-13-9(16)5-8(14)12(15)11(13)7(4-10(17)18)6-2-3-6/h5-7,16H,2-4H2,1H3,(H,17,18). The molecule has 0 radical (unpaired) electrons. The molecular weight excluding hydrogens is 275 g/mol. The van der Waals surface area contributed by atoms with E-state index in [1.807, 2.05) is 0 Å². The number of methoxy groups -OCH3 is 1. The van der Waals surface area contributed by atoms with Gasteiger partial charge in [0.05, 0.1) is 18.6 Å². The highest BCUT2D eigenvalue weighted by Gasteiger charge is 2.38. The molecule has 1 aliphatic rings. The van der Waals surface area contributed by atoms with Gasteiger partial charge in [-0.05, 0) is 18.8 Å². The number of benzene rings is 1. The van der Waals surface area contributed by atoms with Gasteiger partial charge in [-0.25, -0.2) is 4.39 Å². The van der Waals surface area contributed by atoms with E-state index in [2.05, 4.69) is 0 Å². The van der Waals surface area contributed by atoms with Gasteiger partial charge in [0.25, 0.3) is 0 Å². The normalized spacial score (nSPS) is 16.2. The van der Waals surface area contributed by atoms with E-state index in [0.717, 1.165) is 18.9 Å². The van der Waals surface area contributed by atoms with Crippen molar-refractivity contribution in [3.8, 4) is 11.5 Å². The number of phenols is 1. The Balaban J connectivity index is 2.53. The molecule has 0 heterocycles. The summed E-state index contributed by atoms with van der Waals surface area (Å²) in [5.74, 6) is -2.47. The lowest BCUT2D eigenvalue weighted by Gasteiger charge is -2.20. The summed E-state index contributed by atoms with van der Waals surface area (Å²) >= 11 is 5.72. The average Bonchev–Trinajstić information content (AvgIpc) is 3.14. The van der Waals surface area contributed by atoms with Crippen LogP contribution in [0.1, 0.15) is 30.7 Å². The lowest BCUT2D eigenvalue weighted by Crippen LogP contribution is -2.12. The lowest BCUT2D eigenvalue weighted by atomic mass is 9.89. The molecule has 0 aromatic heterocycles. The fourth-order valence-corrected chi connectivity index (χ4v) is 2.56. The van der Waals surface area contributed by atoms with E-state index >= 15 is 0 Å². The third-order valence-corrected chi connectivity index (χ3v) is 3.62. The first-order chi connectivity index (χ1) is 8.95. The van der Waals surface area contributed by atoms with Crippen LogP contribution in [-0.2, 0) is 4.79 Å². The van der Waals surface area contributed by atoms with E-state index in [1.54, 1.807) is 0 Å². The van der Waals surface area contributed by atoms with Gasteiger partial charge in [-0.3, -0.25) is 4.79 Å². The molecule has 6 heteroatoms. The van der Waals surface area contributed by atoms with Crippen molar-refractivity contribution in [2.75, 3.05) is 7.11 Å². The number of halogens is 2. The molecule has 2 N–H and O–H groups in total. The van der Waals surface area contributed by atoms with Crippen molar-refractivity contribution in [1.82, 2.24) is 0 Å². The Kier molecular flexibility index (Phi) is 3.85. The molecule has 1 atom stereocenters. The van der Waals surface area contributed by atoms with Gasteiger partial charge in [-0.15, -0.1) is 0 Å². The molecule has 0 amide bonds. The minimum Gasteiger partial charge on any atom is -0.504 e. The molecule has 1 aromatic rings. The Morgan fingerprint density at radius 2 is 2.26 bits per heavy atom. The summed E-state index contributed by atoms with van der Waals surface area (Å²) in [6.07, 6.45) is 1.47. The lowest BCUT2D eigenvalue weighted by molar-refractivity contribution is -0.137. The second-order valence-electron chi connectivity index (χ2n) is 4.68. The molecular formula is C13H14ClFO4. The van der Waals surface area contributed by atoms with Crippen molar-refractivity contribution in [1.29, 1.82) is 0 Å². The van der Waals surface area contributed by atoms with Crippen LogP contribution >= 0.6 is 11.6 Å². The summed E-state index contributed by atoms with van der Waals surface area (Å²) in [4.78, 5) is 10.9. The van der Waals surface area contributed by atoms with E-state index in [4.69, 9.17) is 21.4 Å². The van der Waals surface area contributed by atoms with E-state index in [9.17, 15) is 14.3 Å². The minimum atomic E-state index is -1.02. The maximum absolute atomic E-state index is 14.2. The predicted molar refractivity (Wildman–Crippen MR) is 67.3 cm³/mol. The summed E-state index contributed by atoms with van der Waals surface area (Å²) in [6.45, 7) is 0. The maximum Gasteiger partial charge on any atom is 0.303 e. The number of ether oxygens (including phenoxy) is 1. The molecule has 2 rings (SSSR count). The van der Waals surface area contributed by atoms with Gasteiger partial charge in [0.1, 0.15) is 5.82 Å². The first kappa shape index (κ1) is 13.9. The molecule has 19 heavy (non-hydrogen) atoms. The van der Waals surface area contributed by atoms with Gasteiger partial charge < -0.3 is 14.9 Å². The molecule has 4 nitrogen and oxygen atoms in total. The molecule has 0 aliphatic heterocycles. The van der Waals surface area contributed by atoms with Crippen LogP contribution in [-0.4, -0.2) is 23.3 Å². The smallest absolute Gasteiger partial charge is 0.303 e. The van der Waals surface area contributed by atoms with Gasteiger partial charge in [0.2, 0.25) is 0 Å². The third-order valence-electron chi connectivity index (χ3n) is 3.35. The Bertz CT molecular complexity index is 514. The van der Waals surface area contributed by atoms with Gasteiger partial charge in [0, 0.05) is 17.5 Å². The Morgan fingerprint density at radius 3 is 2.74 bits per heavy atom. The number of carboxylic acid groups (broad SMARTS) is 1. The zero-order chi connectivity index (χ0) is 14.2. The molecule has 1 aliphatic carbocycles. The maximum atomic E-state index is 14.2. The molecule has 1 aromatic carbocycles. The van der Waals surface area contributed by atoms with Crippen LogP contribution in [0.15, 0.2) is 6.07 Å². The van der Waals surface area contributed by atoms with Crippen molar-refractivity contribution >= 4 is 17.6 Å². The summed E-state index contributed by atoms with van der Waals surface area (Å²) in [7, 11) is 1.30. The van der Waals surface area contributed by atoms with Crippen molar-refractivity contribution in [2.24, 2.45) is 5.92 Å². The minimum absolute atomic E-state index is 0.0277. The quantitative estimate of drug-likeness (QED) is 0.873. The average molecular weight is 289 g/mol. The largest absolute Gasteiger partial charge is 0.504 e. The Morgan fingerprint density at radius 1 is 1.63 bits per heavy atom. The molecule has 1 saturated carbocycles. The molecule has 1 fully saturated rings. The number of phenolic OH excluding ortho intramolecular Hbond substituents is 1. The first-order valence-corrected chi connectivity index (χ1v) is 6.30. The molecule has 0 bridgehead atoms. The number of rotatable bonds is 5. The van der Waals surface area contributed by atoms with Crippen LogP contribution in [0, 0.1) is 11.7 Å². The molecule has 0 spiro atoms. The van der Waals surface area contributed by atoms with Crippen molar-refractivity contribution in [3.63, 3.8) is 0 Å². The molecule has 1 unspecified atom stereocenters. The Labute approximate surface area is 114 Å². The van der Waals surface area contributed by atoms with Crippen LogP contribution in [0.25, 0.3) is 0 Å². The van der Waals surface area contributed by atoms with Crippen LogP contribution in [0.5, 0.6) is 11.5 Å². The first-order valence-electron chi connectivity index (χ1n) is 5.92. The number of carboxylic acids is 1. The number of aromatic hydroxyl groups is 1. The SMILES string of the molecule is COc1c(O)cc(Cl)c(F)c1C(CC(=O)O)C1CC1. The Hall–Kier alpha value is -1.49. The monoisotopic (exact) mass is 288 g/mol. The second kappa shape index (κ2) is 5.25. The van der Waals surface area contributed by atoms with E-state index < -0.39 is 17.7 Å². The topological polar surface area (TPSA) is 66.8 Å². The zero-order valence-electron chi connectivity index (χ0n) is 10.3. The van der Waals surface area contributed by atoms with Crippen LogP contribution in [0.4, 0.5) is 4.39 Å². The third kappa shape index (κ3) is 2.76. The van der Waals surface area contributed by atoms with Crippen LogP contribution in [0.2, 0.25) is 5.02 Å². The van der Waals surface area contributed by atoms with E-state index in [0.29, 0.717) is 0 Å². The number of hydrogen-bond donors (Lipinski definition) is 2. The van der Waals surface area contributed by atoms with E-state index in [1.165, 1.54) is 7.11 Å². The van der Waals surface area contributed by atoms with Crippen molar-refractivity contribution in [3.05, 3.63) is 22.5 Å². The van der Waals surface area contributed by atoms with Gasteiger partial charge in [-0.2, -0.15) is 0 Å². The summed E-state index contributed by atoms with van der Waals surface area (Å²) in [6, 6.07) is 1.06. The summed E-state index contributed by atoms with van der Waals surface area (Å²) < 4.78 is 19.2. The highest BCUT2D eigenvalue weighted by Crippen LogP contribution is 2.50.